The Bertz CT molecular complexity index is 653. The van der Waals surface area contributed by atoms with Crippen molar-refractivity contribution >= 4 is 40.6 Å². The lowest BCUT2D eigenvalue weighted by molar-refractivity contribution is -0.141. The number of amides is 1. The predicted molar refractivity (Wildman–Crippen MR) is 80.6 cm³/mol. The molecule has 0 spiro atoms. The molecule has 0 saturated carbocycles. The number of thiophene rings is 1. The summed E-state index contributed by atoms with van der Waals surface area (Å²) in [4.78, 5) is 24.1. The highest BCUT2D eigenvalue weighted by molar-refractivity contribution is 7.16. The van der Waals surface area contributed by atoms with Crippen molar-refractivity contribution in [2.75, 3.05) is 12.4 Å². The standard InChI is InChI=1S/C13H14ClN3O3S/c1-8(9-3-4-10(14)21-9)13(19)15-11-5-6-17(16-11)7-12(18)20-2/h3-6,8H,7H2,1-2H3,(H,15,16,19). The lowest BCUT2D eigenvalue weighted by Gasteiger charge is -2.08. The number of methoxy groups -OCH3 is 1. The van der Waals surface area contributed by atoms with Crippen LogP contribution in [0.15, 0.2) is 24.4 Å². The van der Waals surface area contributed by atoms with Crippen molar-refractivity contribution in [1.29, 1.82) is 0 Å². The van der Waals surface area contributed by atoms with E-state index in [-0.39, 0.29) is 18.4 Å². The minimum atomic E-state index is -0.405. The summed E-state index contributed by atoms with van der Waals surface area (Å²) in [6.07, 6.45) is 1.60. The molecular weight excluding hydrogens is 314 g/mol. The zero-order valence-electron chi connectivity index (χ0n) is 11.5. The van der Waals surface area contributed by atoms with Crippen molar-refractivity contribution < 1.29 is 14.3 Å². The van der Waals surface area contributed by atoms with Gasteiger partial charge in [-0.1, -0.05) is 11.6 Å². The fourth-order valence-electron chi connectivity index (χ4n) is 1.64. The molecule has 1 amide bonds. The highest BCUT2D eigenvalue weighted by Crippen LogP contribution is 2.28. The monoisotopic (exact) mass is 327 g/mol. The van der Waals surface area contributed by atoms with Crippen molar-refractivity contribution in [2.24, 2.45) is 0 Å². The maximum Gasteiger partial charge on any atom is 0.327 e. The van der Waals surface area contributed by atoms with Gasteiger partial charge in [0, 0.05) is 17.1 Å². The van der Waals surface area contributed by atoms with Crippen LogP contribution in [-0.2, 0) is 20.9 Å². The Morgan fingerprint density at radius 3 is 2.86 bits per heavy atom. The summed E-state index contributed by atoms with van der Waals surface area (Å²) in [6.45, 7) is 1.80. The van der Waals surface area contributed by atoms with Crippen LogP contribution in [0.1, 0.15) is 17.7 Å². The molecule has 2 aromatic rings. The number of ether oxygens (including phenoxy) is 1. The largest absolute Gasteiger partial charge is 0.468 e. The van der Waals surface area contributed by atoms with Crippen LogP contribution >= 0.6 is 22.9 Å². The van der Waals surface area contributed by atoms with E-state index in [0.717, 1.165) is 4.88 Å². The van der Waals surface area contributed by atoms with Crippen LogP contribution in [0.25, 0.3) is 0 Å². The molecule has 8 heteroatoms. The van der Waals surface area contributed by atoms with Crippen LogP contribution in [0.4, 0.5) is 5.82 Å². The third-order valence-corrected chi connectivity index (χ3v) is 4.24. The number of hydrogen-bond donors (Lipinski definition) is 1. The van der Waals surface area contributed by atoms with Gasteiger partial charge in [-0.15, -0.1) is 11.3 Å². The molecule has 0 aliphatic carbocycles. The normalized spacial score (nSPS) is 12.0. The Kier molecular flexibility index (Phi) is 4.98. The molecule has 2 heterocycles. The fourth-order valence-corrected chi connectivity index (χ4v) is 2.75. The summed E-state index contributed by atoms with van der Waals surface area (Å²) in [5.41, 5.74) is 0. The number of aromatic nitrogens is 2. The Balaban J connectivity index is 1.98. The first-order valence-electron chi connectivity index (χ1n) is 6.16. The van der Waals surface area contributed by atoms with Crippen LogP contribution < -0.4 is 5.32 Å². The summed E-state index contributed by atoms with van der Waals surface area (Å²) in [6, 6.07) is 5.21. The molecule has 0 radical (unpaired) electrons. The molecule has 2 rings (SSSR count). The molecule has 0 aromatic carbocycles. The van der Waals surface area contributed by atoms with E-state index in [1.54, 1.807) is 25.3 Å². The number of esters is 1. The molecule has 1 atom stereocenters. The van der Waals surface area contributed by atoms with Gasteiger partial charge in [-0.05, 0) is 19.1 Å². The average molecular weight is 328 g/mol. The fraction of sp³-hybridized carbons (Fsp3) is 0.308. The van der Waals surface area contributed by atoms with Gasteiger partial charge in [0.25, 0.3) is 0 Å². The van der Waals surface area contributed by atoms with Gasteiger partial charge in [0.1, 0.15) is 6.54 Å². The summed E-state index contributed by atoms with van der Waals surface area (Å²) in [5, 5.41) is 6.78. The SMILES string of the molecule is COC(=O)Cn1ccc(NC(=O)C(C)c2ccc(Cl)s2)n1. The zero-order valence-corrected chi connectivity index (χ0v) is 13.1. The zero-order chi connectivity index (χ0) is 15.4. The van der Waals surface area contributed by atoms with E-state index in [1.807, 2.05) is 6.07 Å². The highest BCUT2D eigenvalue weighted by atomic mass is 35.5. The van der Waals surface area contributed by atoms with Crippen LogP contribution in [0.3, 0.4) is 0 Å². The second kappa shape index (κ2) is 6.73. The molecule has 0 aliphatic rings. The Morgan fingerprint density at radius 2 is 2.24 bits per heavy atom. The summed E-state index contributed by atoms with van der Waals surface area (Å²) in [5.74, 6) is -0.527. The van der Waals surface area contributed by atoms with Gasteiger partial charge >= 0.3 is 5.97 Å². The van der Waals surface area contributed by atoms with E-state index in [9.17, 15) is 9.59 Å². The van der Waals surface area contributed by atoms with Gasteiger partial charge in [0.05, 0.1) is 17.4 Å². The second-order valence-corrected chi connectivity index (χ2v) is 6.07. The predicted octanol–water partition coefficient (Wildman–Crippen LogP) is 2.51. The van der Waals surface area contributed by atoms with Crippen molar-refractivity contribution in [1.82, 2.24) is 9.78 Å². The average Bonchev–Trinajstić information content (AvgIpc) is 3.07. The van der Waals surface area contributed by atoms with Crippen molar-refractivity contribution in [3.05, 3.63) is 33.6 Å². The Labute approximate surface area is 130 Å². The van der Waals surface area contributed by atoms with Gasteiger partial charge in [-0.3, -0.25) is 14.3 Å². The maximum atomic E-state index is 12.1. The lowest BCUT2D eigenvalue weighted by Crippen LogP contribution is -2.19. The number of nitrogens with zero attached hydrogens (tertiary/aromatic N) is 2. The van der Waals surface area contributed by atoms with Crippen molar-refractivity contribution in [3.63, 3.8) is 0 Å². The second-order valence-electron chi connectivity index (χ2n) is 4.33. The highest BCUT2D eigenvalue weighted by Gasteiger charge is 2.18. The van der Waals surface area contributed by atoms with Gasteiger partial charge < -0.3 is 10.1 Å². The van der Waals surface area contributed by atoms with Crippen LogP contribution in [0.2, 0.25) is 4.34 Å². The number of anilines is 1. The van der Waals surface area contributed by atoms with E-state index in [0.29, 0.717) is 10.2 Å². The van der Waals surface area contributed by atoms with Gasteiger partial charge in [0.2, 0.25) is 5.91 Å². The Hall–Kier alpha value is -1.86. The number of hydrogen-bond acceptors (Lipinski definition) is 5. The third kappa shape index (κ3) is 4.05. The van der Waals surface area contributed by atoms with Gasteiger partial charge in [0.15, 0.2) is 5.82 Å². The summed E-state index contributed by atoms with van der Waals surface area (Å²) >= 11 is 7.23. The summed E-state index contributed by atoms with van der Waals surface area (Å²) in [7, 11) is 1.31. The van der Waals surface area contributed by atoms with Crippen molar-refractivity contribution in [2.45, 2.75) is 19.4 Å². The first-order chi connectivity index (χ1) is 9.99. The molecule has 1 N–H and O–H groups in total. The molecule has 0 fully saturated rings. The van der Waals surface area contributed by atoms with Gasteiger partial charge in [-0.25, -0.2) is 0 Å². The van der Waals surface area contributed by atoms with Crippen LogP contribution in [0, 0.1) is 0 Å². The van der Waals surface area contributed by atoms with Crippen LogP contribution in [-0.4, -0.2) is 28.8 Å². The molecule has 1 unspecified atom stereocenters. The maximum absolute atomic E-state index is 12.1. The van der Waals surface area contributed by atoms with Gasteiger partial charge in [-0.2, -0.15) is 5.10 Å². The van der Waals surface area contributed by atoms with E-state index >= 15 is 0 Å². The molecule has 21 heavy (non-hydrogen) atoms. The minimum Gasteiger partial charge on any atom is -0.468 e. The number of carbonyl (C=O) groups is 2. The molecule has 2 aromatic heterocycles. The topological polar surface area (TPSA) is 73.2 Å². The smallest absolute Gasteiger partial charge is 0.327 e. The summed E-state index contributed by atoms with van der Waals surface area (Å²) < 4.78 is 6.59. The van der Waals surface area contributed by atoms with Crippen molar-refractivity contribution in [3.8, 4) is 0 Å². The van der Waals surface area contributed by atoms with E-state index in [2.05, 4.69) is 15.2 Å². The Morgan fingerprint density at radius 1 is 1.48 bits per heavy atom. The van der Waals surface area contributed by atoms with E-state index in [1.165, 1.54) is 23.1 Å². The molecule has 112 valence electrons. The molecule has 6 nitrogen and oxygen atoms in total. The first-order valence-corrected chi connectivity index (χ1v) is 7.35. The molecular formula is C13H14ClN3O3S. The number of carbonyl (C=O) groups excluding carboxylic acids is 2. The first kappa shape index (κ1) is 15.5. The quantitative estimate of drug-likeness (QED) is 0.856. The lowest BCUT2D eigenvalue weighted by atomic mass is 10.1. The molecule has 0 saturated heterocycles. The molecule has 0 bridgehead atoms. The van der Waals surface area contributed by atoms with Crippen LogP contribution in [0.5, 0.6) is 0 Å². The van der Waals surface area contributed by atoms with E-state index in [4.69, 9.17) is 11.6 Å². The number of halogens is 1. The third-order valence-electron chi connectivity index (χ3n) is 2.82. The minimum absolute atomic E-state index is 0.00244. The number of nitrogens with one attached hydrogen (secondary N) is 1. The number of rotatable bonds is 5. The molecule has 0 aliphatic heterocycles. The van der Waals surface area contributed by atoms with E-state index < -0.39 is 5.97 Å².